The lowest BCUT2D eigenvalue weighted by atomic mass is 10.2. The highest BCUT2D eigenvalue weighted by atomic mass is 16.5. The summed E-state index contributed by atoms with van der Waals surface area (Å²) in [5.74, 6) is -0.187. The van der Waals surface area contributed by atoms with Crippen molar-refractivity contribution < 1.29 is 19.1 Å². The van der Waals surface area contributed by atoms with E-state index < -0.39 is 5.97 Å². The quantitative estimate of drug-likeness (QED) is 0.272. The van der Waals surface area contributed by atoms with E-state index in [1.54, 1.807) is 6.92 Å². The molecule has 6 nitrogen and oxygen atoms in total. The summed E-state index contributed by atoms with van der Waals surface area (Å²) in [6, 6.07) is 0. The van der Waals surface area contributed by atoms with Crippen molar-refractivity contribution in [3.8, 4) is 0 Å². The van der Waals surface area contributed by atoms with Crippen molar-refractivity contribution in [3.05, 3.63) is 12.2 Å². The van der Waals surface area contributed by atoms with Crippen molar-refractivity contribution >= 4 is 18.0 Å². The van der Waals surface area contributed by atoms with Gasteiger partial charge in [-0.05, 0) is 19.8 Å². The molecule has 0 atom stereocenters. The summed E-state index contributed by atoms with van der Waals surface area (Å²) >= 11 is 0. The Morgan fingerprint density at radius 3 is 2.85 bits per heavy atom. The summed E-state index contributed by atoms with van der Waals surface area (Å²) in [5, 5.41) is 2.81. The van der Waals surface area contributed by atoms with E-state index in [1.807, 2.05) is 0 Å². The first-order valence-electron chi connectivity index (χ1n) is 6.71. The Kier molecular flexibility index (Phi) is 10.9. The number of ether oxygens (including phenoxy) is 1. The smallest absolute Gasteiger partial charge is 0.333 e. The van der Waals surface area contributed by atoms with Crippen molar-refractivity contribution in [3.63, 3.8) is 0 Å². The topological polar surface area (TPSA) is 84.8 Å². The average Bonchev–Trinajstić information content (AvgIpc) is 2.66. The minimum atomic E-state index is -0.412. The minimum Gasteiger partial charge on any atom is -0.462 e. The number of rotatable bonds is 5. The number of esters is 1. The molecule has 20 heavy (non-hydrogen) atoms. The molecule has 0 bridgehead atoms. The zero-order valence-corrected chi connectivity index (χ0v) is 11.9. The summed E-state index contributed by atoms with van der Waals surface area (Å²) in [4.78, 5) is 34.2. The molecule has 0 aromatic heterocycles. The molecule has 1 aliphatic heterocycles. The van der Waals surface area contributed by atoms with Crippen LogP contribution < -0.4 is 5.32 Å². The van der Waals surface area contributed by atoms with Gasteiger partial charge >= 0.3 is 5.97 Å². The Balaban J connectivity index is 0.000000388. The molecule has 0 spiro atoms. The Bertz CT molecular complexity index is 363. The molecule has 1 rings (SSSR count). The van der Waals surface area contributed by atoms with Gasteiger partial charge in [-0.3, -0.25) is 4.79 Å². The molecule has 1 amide bonds. The maximum absolute atomic E-state index is 10.7. The molecule has 6 heteroatoms. The van der Waals surface area contributed by atoms with Crippen LogP contribution in [-0.4, -0.2) is 37.7 Å². The van der Waals surface area contributed by atoms with Gasteiger partial charge in [-0.15, -0.1) is 0 Å². The summed E-state index contributed by atoms with van der Waals surface area (Å²) < 4.78 is 4.72. The normalized spacial score (nSPS) is 13.8. The molecule has 0 aliphatic carbocycles. The predicted octanol–water partition coefficient (Wildman–Crippen LogP) is 1.51. The first-order valence-corrected chi connectivity index (χ1v) is 6.71. The van der Waals surface area contributed by atoms with Gasteiger partial charge < -0.3 is 10.1 Å². The van der Waals surface area contributed by atoms with Crippen LogP contribution in [0.3, 0.4) is 0 Å². The molecule has 112 valence electrons. The largest absolute Gasteiger partial charge is 0.462 e. The number of aliphatic imine (C=N–C) groups is 1. The number of carbonyl (C=O) groups excluding carboxylic acids is 3. The van der Waals surface area contributed by atoms with Crippen LogP contribution in [0.25, 0.3) is 0 Å². The molecule has 1 N–H and O–H groups in total. The minimum absolute atomic E-state index is 0.225. The summed E-state index contributed by atoms with van der Waals surface area (Å²) in [7, 11) is 0. The number of amides is 1. The van der Waals surface area contributed by atoms with Gasteiger partial charge in [-0.25, -0.2) is 14.6 Å². The zero-order chi connectivity index (χ0) is 15.2. The zero-order valence-electron chi connectivity index (χ0n) is 11.9. The standard InChI is InChI=1S/C8H11NO3.C6H11NO/c1-7(2)8(11)12-5-3-4-9-6-10;8-6-4-2-1-3-5-7-6/h1,3-5H2,2H3;1-5H2,(H,7,8). The van der Waals surface area contributed by atoms with Crippen LogP contribution in [0.4, 0.5) is 0 Å². The van der Waals surface area contributed by atoms with Gasteiger partial charge in [0, 0.05) is 25.0 Å². The van der Waals surface area contributed by atoms with Crippen LogP contribution in [0, 0.1) is 0 Å². The molecule has 0 aromatic rings. The third kappa shape index (κ3) is 11.2. The fourth-order valence-corrected chi connectivity index (χ4v) is 1.38. The Morgan fingerprint density at radius 1 is 1.45 bits per heavy atom. The average molecular weight is 282 g/mol. The number of nitrogens with one attached hydrogen (secondary N) is 1. The summed E-state index contributed by atoms with van der Waals surface area (Å²) in [6.45, 7) is 6.47. The van der Waals surface area contributed by atoms with Crippen LogP contribution in [0.5, 0.6) is 0 Å². The fourth-order valence-electron chi connectivity index (χ4n) is 1.38. The van der Waals surface area contributed by atoms with Crippen LogP contribution in [0.1, 0.15) is 39.0 Å². The van der Waals surface area contributed by atoms with E-state index in [4.69, 9.17) is 4.74 Å². The van der Waals surface area contributed by atoms with Gasteiger partial charge in [0.25, 0.3) is 0 Å². The molecule has 1 heterocycles. The van der Waals surface area contributed by atoms with Crippen LogP contribution in [0.15, 0.2) is 17.1 Å². The predicted molar refractivity (Wildman–Crippen MR) is 74.9 cm³/mol. The van der Waals surface area contributed by atoms with Crippen molar-refractivity contribution in [1.29, 1.82) is 0 Å². The van der Waals surface area contributed by atoms with Gasteiger partial charge in [0.2, 0.25) is 12.0 Å². The molecule has 0 unspecified atom stereocenters. The lowest BCUT2D eigenvalue weighted by molar-refractivity contribution is -0.139. The first kappa shape index (κ1) is 18.1. The molecular weight excluding hydrogens is 260 g/mol. The third-order valence-corrected chi connectivity index (χ3v) is 2.46. The Labute approximate surface area is 119 Å². The van der Waals surface area contributed by atoms with E-state index in [9.17, 15) is 14.4 Å². The molecular formula is C14H22N2O4. The molecule has 1 saturated heterocycles. The third-order valence-electron chi connectivity index (χ3n) is 2.46. The number of nitrogens with zero attached hydrogens (tertiary/aromatic N) is 1. The monoisotopic (exact) mass is 282 g/mol. The van der Waals surface area contributed by atoms with Gasteiger partial charge in [0.05, 0.1) is 13.2 Å². The highest BCUT2D eigenvalue weighted by Gasteiger charge is 2.03. The summed E-state index contributed by atoms with van der Waals surface area (Å²) in [6.07, 6.45) is 6.11. The van der Waals surface area contributed by atoms with Gasteiger partial charge in [-0.1, -0.05) is 13.0 Å². The van der Waals surface area contributed by atoms with E-state index in [0.717, 1.165) is 25.8 Å². The van der Waals surface area contributed by atoms with E-state index in [1.165, 1.54) is 12.5 Å². The second-order valence-electron chi connectivity index (χ2n) is 4.40. The molecule has 0 radical (unpaired) electrons. The number of hydrogen-bond acceptors (Lipinski definition) is 5. The number of carbonyl (C=O) groups is 2. The highest BCUT2D eigenvalue weighted by Crippen LogP contribution is 2.02. The lowest BCUT2D eigenvalue weighted by Crippen LogP contribution is -2.21. The highest BCUT2D eigenvalue weighted by molar-refractivity contribution is 5.86. The van der Waals surface area contributed by atoms with Crippen molar-refractivity contribution in [2.24, 2.45) is 4.99 Å². The molecule has 0 aromatic carbocycles. The summed E-state index contributed by atoms with van der Waals surface area (Å²) in [5.41, 5.74) is 0.369. The number of hydrogen-bond donors (Lipinski definition) is 1. The van der Waals surface area contributed by atoms with Crippen LogP contribution >= 0.6 is 0 Å². The van der Waals surface area contributed by atoms with Crippen LogP contribution in [0.2, 0.25) is 0 Å². The van der Waals surface area contributed by atoms with Crippen molar-refractivity contribution in [1.82, 2.24) is 5.32 Å². The fraction of sp³-hybridized carbons (Fsp3) is 0.643. The Morgan fingerprint density at radius 2 is 2.20 bits per heavy atom. The van der Waals surface area contributed by atoms with Crippen LogP contribution in [-0.2, 0) is 19.1 Å². The maximum Gasteiger partial charge on any atom is 0.333 e. The second kappa shape index (κ2) is 12.1. The SMILES string of the molecule is C=C(C)C(=O)OCCCN=C=O.O=C1CCCCCN1. The van der Waals surface area contributed by atoms with Crippen molar-refractivity contribution in [2.45, 2.75) is 39.0 Å². The van der Waals surface area contributed by atoms with Gasteiger partial charge in [-0.2, -0.15) is 0 Å². The molecule has 1 fully saturated rings. The maximum atomic E-state index is 10.7. The Hall–Kier alpha value is -1.94. The van der Waals surface area contributed by atoms with Crippen molar-refractivity contribution in [2.75, 3.05) is 19.7 Å². The second-order valence-corrected chi connectivity index (χ2v) is 4.40. The van der Waals surface area contributed by atoms with Gasteiger partial charge in [0.1, 0.15) is 0 Å². The van der Waals surface area contributed by atoms with E-state index >= 15 is 0 Å². The van der Waals surface area contributed by atoms with Gasteiger partial charge in [0.15, 0.2) is 0 Å². The van der Waals surface area contributed by atoms with E-state index in [0.29, 0.717) is 18.5 Å². The number of isocyanates is 1. The lowest BCUT2D eigenvalue weighted by Gasteiger charge is -2.00. The van der Waals surface area contributed by atoms with E-state index in [-0.39, 0.29) is 12.5 Å². The van der Waals surface area contributed by atoms with E-state index in [2.05, 4.69) is 16.9 Å². The molecule has 0 saturated carbocycles. The first-order chi connectivity index (χ1) is 9.57. The molecule has 1 aliphatic rings.